The van der Waals surface area contributed by atoms with Gasteiger partial charge in [0, 0.05) is 19.2 Å². The van der Waals surface area contributed by atoms with E-state index < -0.39 is 46.1 Å². The number of aromatic hydroxyl groups is 1. The predicted molar refractivity (Wildman–Crippen MR) is 113 cm³/mol. The molecular weight excluding hydrogens is 438 g/mol. The van der Waals surface area contributed by atoms with Crippen LogP contribution in [0.5, 0.6) is 11.5 Å². The minimum atomic E-state index is -1.24. The van der Waals surface area contributed by atoms with Crippen LogP contribution in [0.15, 0.2) is 17.7 Å². The number of carbonyl (C=O) groups excluding carboxylic acids is 2. The van der Waals surface area contributed by atoms with Crippen molar-refractivity contribution in [2.45, 2.75) is 39.6 Å². The van der Waals surface area contributed by atoms with Crippen molar-refractivity contribution >= 4 is 23.8 Å². The molecule has 1 fully saturated rings. The van der Waals surface area contributed by atoms with E-state index in [1.807, 2.05) is 0 Å². The van der Waals surface area contributed by atoms with Gasteiger partial charge in [-0.2, -0.15) is 5.26 Å². The van der Waals surface area contributed by atoms with Gasteiger partial charge in [-0.3, -0.25) is 14.9 Å². The SMILES string of the molecule is CCN(CC)C(=O)/C(C#N)=C/c1cc(OC(=O)OCC2COC(C)(C)O2)c(O)c([N+](=O)[O-])c1. The number of nitriles is 1. The number of likely N-dealkylation sites (N-methyl/N-ethyl adjacent to an activating group) is 1. The number of nitrogens with zero attached hydrogens (tertiary/aromatic N) is 3. The van der Waals surface area contributed by atoms with Crippen molar-refractivity contribution in [3.63, 3.8) is 0 Å². The molecular formula is C21H25N3O9. The number of phenols is 1. The van der Waals surface area contributed by atoms with Crippen molar-refractivity contribution < 1.29 is 38.6 Å². The molecule has 1 aromatic rings. The quantitative estimate of drug-likeness (QED) is 0.151. The monoisotopic (exact) mass is 463 g/mol. The summed E-state index contributed by atoms with van der Waals surface area (Å²) in [5.41, 5.74) is -1.07. The first-order valence-electron chi connectivity index (χ1n) is 10.1. The van der Waals surface area contributed by atoms with Crippen LogP contribution in [0, 0.1) is 21.4 Å². The molecule has 1 aliphatic heterocycles. The lowest BCUT2D eigenvalue weighted by atomic mass is 10.1. The van der Waals surface area contributed by atoms with E-state index in [9.17, 15) is 30.1 Å². The van der Waals surface area contributed by atoms with Gasteiger partial charge in [-0.25, -0.2) is 4.79 Å². The molecule has 1 heterocycles. The zero-order valence-corrected chi connectivity index (χ0v) is 18.7. The van der Waals surface area contributed by atoms with Crippen LogP contribution in [0.1, 0.15) is 33.3 Å². The van der Waals surface area contributed by atoms with Crippen LogP contribution in [0.3, 0.4) is 0 Å². The van der Waals surface area contributed by atoms with Gasteiger partial charge in [-0.15, -0.1) is 0 Å². The fraction of sp³-hybridized carbons (Fsp3) is 0.476. The third kappa shape index (κ3) is 6.64. The Morgan fingerprint density at radius 3 is 2.58 bits per heavy atom. The number of nitro groups is 1. The molecule has 12 nitrogen and oxygen atoms in total. The van der Waals surface area contributed by atoms with Crippen LogP contribution >= 0.6 is 0 Å². The van der Waals surface area contributed by atoms with Crippen LogP contribution in [0.25, 0.3) is 6.08 Å². The van der Waals surface area contributed by atoms with Gasteiger partial charge in [0.1, 0.15) is 24.4 Å². The molecule has 33 heavy (non-hydrogen) atoms. The maximum absolute atomic E-state index is 12.5. The predicted octanol–water partition coefficient (Wildman–Crippen LogP) is 2.74. The summed E-state index contributed by atoms with van der Waals surface area (Å²) in [6.45, 7) is 7.57. The van der Waals surface area contributed by atoms with Crippen LogP contribution in [-0.2, 0) is 19.0 Å². The number of phenolic OH excluding ortho intramolecular Hbond substituents is 1. The maximum Gasteiger partial charge on any atom is 0.514 e. The van der Waals surface area contributed by atoms with Crippen molar-refractivity contribution in [1.29, 1.82) is 5.26 Å². The van der Waals surface area contributed by atoms with Gasteiger partial charge >= 0.3 is 11.8 Å². The largest absolute Gasteiger partial charge is 0.514 e. The molecule has 0 saturated carbocycles. The minimum Gasteiger partial charge on any atom is -0.499 e. The van der Waals surface area contributed by atoms with Crippen LogP contribution in [-0.4, -0.2) is 65.2 Å². The number of hydrogen-bond donors (Lipinski definition) is 1. The molecule has 1 unspecified atom stereocenters. The summed E-state index contributed by atoms with van der Waals surface area (Å²) in [5, 5.41) is 30.9. The number of benzene rings is 1. The van der Waals surface area contributed by atoms with E-state index in [4.69, 9.17) is 18.9 Å². The lowest BCUT2D eigenvalue weighted by Gasteiger charge is -2.17. The molecule has 0 bridgehead atoms. The second-order valence-corrected chi connectivity index (χ2v) is 7.40. The molecule has 0 aromatic heterocycles. The smallest absolute Gasteiger partial charge is 0.499 e. The first-order valence-corrected chi connectivity index (χ1v) is 10.1. The number of hydrogen-bond acceptors (Lipinski definition) is 10. The summed E-state index contributed by atoms with van der Waals surface area (Å²) in [7, 11) is 0. The van der Waals surface area contributed by atoms with Gasteiger partial charge in [-0.05, 0) is 45.4 Å². The van der Waals surface area contributed by atoms with Crippen molar-refractivity contribution in [2.75, 3.05) is 26.3 Å². The highest BCUT2D eigenvalue weighted by Crippen LogP contribution is 2.38. The van der Waals surface area contributed by atoms with Crippen LogP contribution in [0.2, 0.25) is 0 Å². The standard InChI is InChI=1S/C21H25N3O9/c1-5-23(6-2)19(26)14(10-22)7-13-8-16(24(28)29)18(25)17(9-13)32-20(27)30-11-15-12-31-21(3,4)33-15/h7-9,15,25H,5-6,11-12H2,1-4H3/b14-7+. The van der Waals surface area contributed by atoms with Crippen molar-refractivity contribution in [2.24, 2.45) is 0 Å². The third-order valence-electron chi connectivity index (χ3n) is 4.63. The number of nitro benzene ring substituents is 1. The van der Waals surface area contributed by atoms with Crippen molar-refractivity contribution in [3.8, 4) is 17.6 Å². The average molecular weight is 463 g/mol. The average Bonchev–Trinajstić information content (AvgIpc) is 3.11. The molecule has 1 saturated heterocycles. The van der Waals surface area contributed by atoms with E-state index >= 15 is 0 Å². The molecule has 1 N–H and O–H groups in total. The molecule has 1 amide bonds. The minimum absolute atomic E-state index is 0.00590. The number of ether oxygens (including phenoxy) is 4. The Labute approximate surface area is 190 Å². The molecule has 2 rings (SSSR count). The van der Waals surface area contributed by atoms with Crippen molar-refractivity contribution in [1.82, 2.24) is 4.90 Å². The fourth-order valence-electron chi connectivity index (χ4n) is 3.03. The Kier molecular flexibility index (Phi) is 8.33. The third-order valence-corrected chi connectivity index (χ3v) is 4.63. The van der Waals surface area contributed by atoms with E-state index in [-0.39, 0.29) is 24.4 Å². The fourth-order valence-corrected chi connectivity index (χ4v) is 3.03. The van der Waals surface area contributed by atoms with Gasteiger partial charge in [-0.1, -0.05) is 0 Å². The second kappa shape index (κ2) is 10.8. The number of rotatable bonds is 8. The Balaban J connectivity index is 2.26. The van der Waals surface area contributed by atoms with E-state index in [0.717, 1.165) is 18.2 Å². The lowest BCUT2D eigenvalue weighted by Crippen LogP contribution is -2.31. The first-order chi connectivity index (χ1) is 15.5. The Bertz CT molecular complexity index is 993. The molecule has 1 aromatic carbocycles. The highest BCUT2D eigenvalue weighted by atomic mass is 16.8. The maximum atomic E-state index is 12.5. The van der Waals surface area contributed by atoms with E-state index in [2.05, 4.69) is 0 Å². The van der Waals surface area contributed by atoms with Crippen LogP contribution < -0.4 is 4.74 Å². The number of amides is 1. The summed E-state index contributed by atoms with van der Waals surface area (Å²) in [6, 6.07) is 3.79. The Morgan fingerprint density at radius 2 is 2.06 bits per heavy atom. The molecule has 178 valence electrons. The highest BCUT2D eigenvalue weighted by Gasteiger charge is 2.33. The Morgan fingerprint density at radius 1 is 1.39 bits per heavy atom. The highest BCUT2D eigenvalue weighted by molar-refractivity contribution is 6.01. The Hall–Kier alpha value is -3.69. The molecule has 1 atom stereocenters. The van der Waals surface area contributed by atoms with Gasteiger partial charge in [0.05, 0.1) is 11.5 Å². The molecule has 0 radical (unpaired) electrons. The van der Waals surface area contributed by atoms with E-state index in [1.165, 1.54) is 4.90 Å². The molecule has 0 aliphatic carbocycles. The van der Waals surface area contributed by atoms with Crippen molar-refractivity contribution in [3.05, 3.63) is 33.4 Å². The van der Waals surface area contributed by atoms with Gasteiger partial charge < -0.3 is 29.0 Å². The van der Waals surface area contributed by atoms with E-state index in [1.54, 1.807) is 33.8 Å². The van der Waals surface area contributed by atoms with Gasteiger partial charge in [0.2, 0.25) is 5.75 Å². The lowest BCUT2D eigenvalue weighted by molar-refractivity contribution is -0.385. The second-order valence-electron chi connectivity index (χ2n) is 7.40. The normalized spacial score (nSPS) is 17.2. The van der Waals surface area contributed by atoms with Gasteiger partial charge in [0.25, 0.3) is 5.91 Å². The molecule has 12 heteroatoms. The number of carbonyl (C=O) groups is 2. The van der Waals surface area contributed by atoms with Gasteiger partial charge in [0.15, 0.2) is 11.5 Å². The van der Waals surface area contributed by atoms with Crippen LogP contribution in [0.4, 0.5) is 10.5 Å². The summed E-state index contributed by atoms with van der Waals surface area (Å²) in [6.07, 6.45) is -0.667. The zero-order chi connectivity index (χ0) is 24.8. The topological polar surface area (TPSA) is 161 Å². The molecule has 1 aliphatic rings. The molecule has 0 spiro atoms. The first kappa shape index (κ1) is 25.6. The summed E-state index contributed by atoms with van der Waals surface area (Å²) >= 11 is 0. The zero-order valence-electron chi connectivity index (χ0n) is 18.7. The summed E-state index contributed by atoms with van der Waals surface area (Å²) in [5.74, 6) is -2.87. The summed E-state index contributed by atoms with van der Waals surface area (Å²) in [4.78, 5) is 36.4. The summed E-state index contributed by atoms with van der Waals surface area (Å²) < 4.78 is 20.7. The van der Waals surface area contributed by atoms with E-state index in [0.29, 0.717) is 13.1 Å².